The summed E-state index contributed by atoms with van der Waals surface area (Å²) in [7, 11) is 3.58. The van der Waals surface area contributed by atoms with Gasteiger partial charge in [-0.1, -0.05) is 0 Å². The molecule has 1 aliphatic rings. The zero-order valence-electron chi connectivity index (χ0n) is 12.3. The summed E-state index contributed by atoms with van der Waals surface area (Å²) in [4.78, 5) is 11.7. The van der Waals surface area contributed by atoms with Crippen molar-refractivity contribution in [3.05, 3.63) is 22.2 Å². The Bertz CT molecular complexity index is 615. The maximum absolute atomic E-state index is 11.7. The van der Waals surface area contributed by atoms with Crippen molar-refractivity contribution in [1.29, 1.82) is 0 Å². The molecule has 22 heavy (non-hydrogen) atoms. The summed E-state index contributed by atoms with van der Waals surface area (Å²) in [5.74, 6) is 0.581. The number of halogens is 2. The van der Waals surface area contributed by atoms with Crippen molar-refractivity contribution in [2.45, 2.75) is 20.3 Å². The van der Waals surface area contributed by atoms with Crippen LogP contribution >= 0.6 is 23.2 Å². The Kier molecular flexibility index (Phi) is 5.64. The monoisotopic (exact) mass is 337 g/mol. The molecule has 0 bridgehead atoms. The Morgan fingerprint density at radius 3 is 2.64 bits per heavy atom. The second kappa shape index (κ2) is 7.29. The van der Waals surface area contributed by atoms with Gasteiger partial charge in [-0.05, 0) is 0 Å². The molecule has 2 rings (SSSR count). The molecular weight excluding hydrogens is 323 g/mol. The molecule has 114 valence electrons. The molecule has 0 aromatic heterocycles. The molecule has 1 heterocycles. The van der Waals surface area contributed by atoms with Crippen molar-refractivity contribution < 1.29 is 9.53 Å². The second-order valence-electron chi connectivity index (χ2n) is 5.26. The number of carbonyl (C=O) groups excluding carboxylic acids is 1. The number of hydrogen-bond donors (Lipinski definition) is 2. The van der Waals surface area contributed by atoms with E-state index in [1.807, 2.05) is 13.8 Å². The van der Waals surface area contributed by atoms with Gasteiger partial charge in [0, 0.05) is 0 Å². The van der Waals surface area contributed by atoms with Gasteiger partial charge in [0.1, 0.15) is 0 Å². The molecule has 1 atom stereocenters. The Hall–Kier alpha value is -1.33. The van der Waals surface area contributed by atoms with Gasteiger partial charge < -0.3 is 0 Å². The molecule has 1 amide bonds. The summed E-state index contributed by atoms with van der Waals surface area (Å²) in [6, 6.07) is 3.35. The summed E-state index contributed by atoms with van der Waals surface area (Å²) < 4.78 is 5.70. The quantitative estimate of drug-likeness (QED) is 0.829. The van der Waals surface area contributed by atoms with E-state index in [9.17, 15) is 4.79 Å². The molecule has 0 saturated carbocycles. The van der Waals surface area contributed by atoms with E-state index >= 15 is 0 Å². The Balaban J connectivity index is 2.20. The molecule has 2 N–H and O–H groups in total. The Morgan fingerprint density at radius 1 is 1.45 bits per heavy atom. The van der Waals surface area contributed by atoms with Gasteiger partial charge in [-0.3, -0.25) is 0 Å². The number of rotatable bonds is 4. The predicted molar refractivity (Wildman–Crippen MR) is 92.1 cm³/mol. The van der Waals surface area contributed by atoms with Crippen LogP contribution in [-0.2, 0) is 4.79 Å². The van der Waals surface area contributed by atoms with Gasteiger partial charge in [-0.2, -0.15) is 0 Å². The van der Waals surface area contributed by atoms with Crippen molar-refractivity contribution in [3.63, 3.8) is 0 Å². The van der Waals surface area contributed by atoms with Crippen LogP contribution in [0.4, 0.5) is 5.69 Å². The zero-order chi connectivity index (χ0) is 16.3. The minimum atomic E-state index is -0.188. The number of nitrogens with one attached hydrogen (secondary N) is 2. The number of hydrazone groups is 1. The third-order valence-corrected chi connectivity index (χ3v) is 3.88. The first-order chi connectivity index (χ1) is 10.4. The van der Waals surface area contributed by atoms with Gasteiger partial charge in [-0.15, -0.1) is 0 Å². The predicted octanol–water partition coefficient (Wildman–Crippen LogP) is 2.32. The molecule has 0 fully saturated rings. The van der Waals surface area contributed by atoms with Crippen molar-refractivity contribution in [3.8, 4) is 5.75 Å². The number of hydrogen-bond acceptors (Lipinski definition) is 4. The van der Waals surface area contributed by atoms with E-state index in [1.54, 1.807) is 12.1 Å². The normalized spacial score (nSPS) is 17.5. The van der Waals surface area contributed by atoms with Gasteiger partial charge in [0.2, 0.25) is 0 Å². The second-order valence-corrected chi connectivity index (χ2v) is 6.07. The van der Waals surface area contributed by atoms with Crippen molar-refractivity contribution >= 4 is 55.0 Å². The van der Waals surface area contributed by atoms with E-state index in [2.05, 4.69) is 23.1 Å². The molecule has 0 aliphatic carbocycles. The first-order valence-electron chi connectivity index (χ1n) is 6.83. The number of nitrogens with zero attached hydrogens (tertiary/aromatic N) is 1. The molecule has 5 nitrogen and oxygen atoms in total. The van der Waals surface area contributed by atoms with Gasteiger partial charge in [0.05, 0.1) is 0 Å². The van der Waals surface area contributed by atoms with Crippen LogP contribution in [0.3, 0.4) is 0 Å². The van der Waals surface area contributed by atoms with Crippen LogP contribution in [0.2, 0.25) is 10.0 Å². The fourth-order valence-electron chi connectivity index (χ4n) is 2.11. The van der Waals surface area contributed by atoms with E-state index in [0.29, 0.717) is 33.8 Å². The van der Waals surface area contributed by atoms with Gasteiger partial charge in [0.25, 0.3) is 0 Å². The first-order valence-corrected chi connectivity index (χ1v) is 7.58. The topological polar surface area (TPSA) is 62.7 Å². The average molecular weight is 338 g/mol. The van der Waals surface area contributed by atoms with Crippen LogP contribution < -0.4 is 15.4 Å². The van der Waals surface area contributed by atoms with Crippen LogP contribution in [0.5, 0.6) is 5.75 Å². The van der Waals surface area contributed by atoms with E-state index in [4.69, 9.17) is 27.9 Å². The molecule has 1 aromatic rings. The van der Waals surface area contributed by atoms with Crippen molar-refractivity contribution in [2.24, 2.45) is 16.9 Å². The minimum absolute atomic E-state index is 0.106. The molecule has 0 saturated heterocycles. The van der Waals surface area contributed by atoms with E-state index < -0.39 is 0 Å². The summed E-state index contributed by atoms with van der Waals surface area (Å²) in [5, 5.41) is 7.52. The van der Waals surface area contributed by atoms with E-state index in [-0.39, 0.29) is 17.7 Å². The van der Waals surface area contributed by atoms with Crippen LogP contribution in [0.1, 0.15) is 20.3 Å². The fourth-order valence-corrected chi connectivity index (χ4v) is 2.67. The van der Waals surface area contributed by atoms with E-state index in [0.717, 1.165) is 0 Å². The zero-order valence-corrected chi connectivity index (χ0v) is 13.8. The van der Waals surface area contributed by atoms with Crippen LogP contribution in [0, 0.1) is 11.8 Å². The summed E-state index contributed by atoms with van der Waals surface area (Å²) in [6.07, 6.45) is 0.406. The Labute approximate surface area is 140 Å². The van der Waals surface area contributed by atoms with Crippen molar-refractivity contribution in [2.75, 3.05) is 5.23 Å². The third-order valence-electron chi connectivity index (χ3n) is 3.31. The van der Waals surface area contributed by atoms with Gasteiger partial charge in [-0.25, -0.2) is 0 Å². The van der Waals surface area contributed by atoms with Gasteiger partial charge >= 0.3 is 140 Å². The summed E-state index contributed by atoms with van der Waals surface area (Å²) in [5.41, 5.74) is 3.17. The number of amides is 1. The molecule has 1 aliphatic heterocycles. The number of anilines is 1. The molecule has 0 spiro atoms. The first kappa shape index (κ1) is 17.0. The number of ether oxygens (including phenoxy) is 1. The number of carbonyl (C=O) groups is 1. The standard InChI is InChI=1S/C13H15B2Cl2N3O2/c1-6(2)8-5-11(19-20-13(8)21)22-12-9(16)3-7(18-15-14)4-10(12)17/h3-4,6,8,14,18H,5H2,1-2H3,(H,20,21). The Morgan fingerprint density at radius 2 is 2.09 bits per heavy atom. The average Bonchev–Trinajstić information content (AvgIpc) is 2.44. The summed E-state index contributed by atoms with van der Waals surface area (Å²) in [6.45, 7) is 5.47. The summed E-state index contributed by atoms with van der Waals surface area (Å²) >= 11 is 12.4. The maximum atomic E-state index is 11.7. The SMILES string of the molecule is B=BNc1cc(Cl)c(OC2=NNC(=O)C(C(C)C)C2)c(Cl)c1. The van der Waals surface area contributed by atoms with Crippen LogP contribution in [-0.4, -0.2) is 26.1 Å². The fraction of sp³-hybridized carbons (Fsp3) is 0.385. The number of benzene rings is 1. The van der Waals surface area contributed by atoms with E-state index in [1.165, 1.54) is 6.94 Å². The van der Waals surface area contributed by atoms with Crippen LogP contribution in [0.15, 0.2) is 17.2 Å². The van der Waals surface area contributed by atoms with Crippen LogP contribution in [0.25, 0.3) is 0 Å². The molecule has 9 heteroatoms. The molecular formula is C13H15B2Cl2N3O2. The van der Waals surface area contributed by atoms with Crippen molar-refractivity contribution in [1.82, 2.24) is 5.43 Å². The molecule has 1 unspecified atom stereocenters. The molecule has 1 aromatic carbocycles. The third kappa shape index (κ3) is 3.90. The molecule has 0 radical (unpaired) electrons. The van der Waals surface area contributed by atoms with Gasteiger partial charge in [0.15, 0.2) is 0 Å².